The highest BCUT2D eigenvalue weighted by molar-refractivity contribution is 7.89. The number of amides is 1. The SMILES string of the molecule is O=C(NNS(=O)(=O)c1ccc(Cl)c(C(=O)O)c1)c1ccccc1. The number of rotatable bonds is 5. The summed E-state index contributed by atoms with van der Waals surface area (Å²) >= 11 is 5.68. The molecule has 9 heteroatoms. The van der Waals surface area contributed by atoms with Crippen molar-refractivity contribution in [2.45, 2.75) is 4.90 Å². The molecule has 0 aliphatic rings. The number of aromatic carboxylic acids is 1. The Morgan fingerprint density at radius 3 is 2.30 bits per heavy atom. The number of carbonyl (C=O) groups is 2. The lowest BCUT2D eigenvalue weighted by Crippen LogP contribution is -2.41. The minimum absolute atomic E-state index is 0.0928. The molecule has 0 heterocycles. The van der Waals surface area contributed by atoms with Gasteiger partial charge >= 0.3 is 5.97 Å². The number of carbonyl (C=O) groups excluding carboxylic acids is 1. The highest BCUT2D eigenvalue weighted by atomic mass is 35.5. The molecular formula is C14H11ClN2O5S. The topological polar surface area (TPSA) is 113 Å². The fourth-order valence-corrected chi connectivity index (χ4v) is 2.73. The van der Waals surface area contributed by atoms with E-state index in [0.29, 0.717) is 0 Å². The molecule has 0 fully saturated rings. The number of sulfonamides is 1. The van der Waals surface area contributed by atoms with Crippen molar-refractivity contribution in [3.8, 4) is 0 Å². The molecule has 0 saturated carbocycles. The van der Waals surface area contributed by atoms with Gasteiger partial charge in [-0.05, 0) is 30.3 Å². The van der Waals surface area contributed by atoms with Gasteiger partial charge in [0.05, 0.1) is 15.5 Å². The zero-order valence-corrected chi connectivity index (χ0v) is 13.1. The van der Waals surface area contributed by atoms with Crippen LogP contribution >= 0.6 is 11.6 Å². The van der Waals surface area contributed by atoms with Crippen molar-refractivity contribution in [1.82, 2.24) is 10.3 Å². The van der Waals surface area contributed by atoms with Gasteiger partial charge in [0.15, 0.2) is 0 Å². The molecule has 0 aromatic heterocycles. The van der Waals surface area contributed by atoms with Crippen LogP contribution in [0.5, 0.6) is 0 Å². The van der Waals surface area contributed by atoms with Crippen LogP contribution in [0.15, 0.2) is 53.4 Å². The number of carboxylic acid groups (broad SMARTS) is 1. The van der Waals surface area contributed by atoms with E-state index in [1.807, 2.05) is 10.3 Å². The van der Waals surface area contributed by atoms with Crippen LogP contribution in [0.25, 0.3) is 0 Å². The summed E-state index contributed by atoms with van der Waals surface area (Å²) in [6, 6.07) is 11.2. The van der Waals surface area contributed by atoms with E-state index in [1.165, 1.54) is 12.1 Å². The quantitative estimate of drug-likeness (QED) is 0.707. The van der Waals surface area contributed by atoms with Crippen molar-refractivity contribution >= 4 is 33.5 Å². The van der Waals surface area contributed by atoms with Crippen LogP contribution in [0, 0.1) is 0 Å². The summed E-state index contributed by atoms with van der Waals surface area (Å²) in [6.07, 6.45) is 0. The summed E-state index contributed by atoms with van der Waals surface area (Å²) < 4.78 is 24.2. The van der Waals surface area contributed by atoms with Gasteiger partial charge in [-0.2, -0.15) is 0 Å². The van der Waals surface area contributed by atoms with Gasteiger partial charge in [0.1, 0.15) is 0 Å². The van der Waals surface area contributed by atoms with Gasteiger partial charge in [0.25, 0.3) is 15.9 Å². The molecule has 0 saturated heterocycles. The monoisotopic (exact) mass is 354 g/mol. The third kappa shape index (κ3) is 4.07. The van der Waals surface area contributed by atoms with Crippen LogP contribution in [-0.4, -0.2) is 25.4 Å². The van der Waals surface area contributed by atoms with Crippen molar-refractivity contribution < 1.29 is 23.1 Å². The molecule has 0 atom stereocenters. The Labute approximate surface area is 136 Å². The van der Waals surface area contributed by atoms with E-state index in [1.54, 1.807) is 18.2 Å². The predicted molar refractivity (Wildman–Crippen MR) is 82.6 cm³/mol. The third-order valence-corrected chi connectivity index (χ3v) is 4.39. The Bertz CT molecular complexity index is 853. The van der Waals surface area contributed by atoms with Crippen LogP contribution in [-0.2, 0) is 10.0 Å². The maximum Gasteiger partial charge on any atom is 0.337 e. The average molecular weight is 355 g/mol. The fourth-order valence-electron chi connectivity index (χ4n) is 1.67. The van der Waals surface area contributed by atoms with Gasteiger partial charge < -0.3 is 5.11 Å². The molecule has 0 unspecified atom stereocenters. The molecule has 0 aliphatic carbocycles. The zero-order chi connectivity index (χ0) is 17.0. The third-order valence-electron chi connectivity index (χ3n) is 2.81. The van der Waals surface area contributed by atoms with Gasteiger partial charge in [0.2, 0.25) is 0 Å². The zero-order valence-electron chi connectivity index (χ0n) is 11.5. The lowest BCUT2D eigenvalue weighted by molar-refractivity contribution is 0.0696. The number of hydrogen-bond donors (Lipinski definition) is 3. The van der Waals surface area contributed by atoms with Crippen molar-refractivity contribution in [1.29, 1.82) is 0 Å². The first-order chi connectivity index (χ1) is 10.8. The summed E-state index contributed by atoms with van der Waals surface area (Å²) in [4.78, 5) is 24.3. The Kier molecular flexibility index (Phi) is 4.99. The first-order valence-corrected chi connectivity index (χ1v) is 8.07. The standard InChI is InChI=1S/C14H11ClN2O5S/c15-12-7-6-10(8-11(12)14(19)20)23(21,22)17-16-13(18)9-4-2-1-3-5-9/h1-8,17H,(H,16,18)(H,19,20). The van der Waals surface area contributed by atoms with E-state index in [4.69, 9.17) is 16.7 Å². The number of hydrazine groups is 1. The molecule has 2 rings (SSSR count). The van der Waals surface area contributed by atoms with Crippen LogP contribution in [0.1, 0.15) is 20.7 Å². The average Bonchev–Trinajstić information content (AvgIpc) is 2.53. The molecule has 3 N–H and O–H groups in total. The molecule has 120 valence electrons. The van der Waals surface area contributed by atoms with Gasteiger partial charge in [-0.3, -0.25) is 10.2 Å². The maximum atomic E-state index is 12.1. The Morgan fingerprint density at radius 2 is 1.70 bits per heavy atom. The number of halogens is 1. The second-order valence-corrected chi connectivity index (χ2v) is 6.46. The molecule has 1 amide bonds. The first kappa shape index (κ1) is 16.9. The number of nitrogens with one attached hydrogen (secondary N) is 2. The minimum Gasteiger partial charge on any atom is -0.478 e. The first-order valence-electron chi connectivity index (χ1n) is 6.21. The van der Waals surface area contributed by atoms with Crippen molar-refractivity contribution in [2.75, 3.05) is 0 Å². The van der Waals surface area contributed by atoms with E-state index in [2.05, 4.69) is 0 Å². The van der Waals surface area contributed by atoms with Crippen LogP contribution in [0.3, 0.4) is 0 Å². The minimum atomic E-state index is -4.14. The van der Waals surface area contributed by atoms with Crippen LogP contribution in [0.2, 0.25) is 5.02 Å². The Morgan fingerprint density at radius 1 is 1.04 bits per heavy atom. The summed E-state index contributed by atoms with van der Waals surface area (Å²) in [7, 11) is -4.14. The van der Waals surface area contributed by atoms with Gasteiger partial charge in [-0.1, -0.05) is 29.8 Å². The largest absolute Gasteiger partial charge is 0.478 e. The lowest BCUT2D eigenvalue weighted by atomic mass is 10.2. The summed E-state index contributed by atoms with van der Waals surface area (Å²) in [5.41, 5.74) is 1.95. The normalized spacial score (nSPS) is 11.0. The Hall–Kier alpha value is -2.42. The van der Waals surface area contributed by atoms with Crippen LogP contribution < -0.4 is 10.3 Å². The summed E-state index contributed by atoms with van der Waals surface area (Å²) in [5.74, 6) is -2.01. The lowest BCUT2D eigenvalue weighted by Gasteiger charge is -2.09. The fraction of sp³-hybridized carbons (Fsp3) is 0. The van der Waals surface area contributed by atoms with E-state index in [-0.39, 0.29) is 21.0 Å². The number of benzene rings is 2. The smallest absolute Gasteiger partial charge is 0.337 e. The highest BCUT2D eigenvalue weighted by Crippen LogP contribution is 2.20. The molecule has 0 aliphatic heterocycles. The predicted octanol–water partition coefficient (Wildman–Crippen LogP) is 1.66. The van der Waals surface area contributed by atoms with Gasteiger partial charge in [-0.15, -0.1) is 4.83 Å². The molecular weight excluding hydrogens is 344 g/mol. The second-order valence-electron chi connectivity index (χ2n) is 4.37. The van der Waals surface area contributed by atoms with E-state index in [0.717, 1.165) is 18.2 Å². The molecule has 0 radical (unpaired) electrons. The Balaban J connectivity index is 2.18. The van der Waals surface area contributed by atoms with Crippen molar-refractivity contribution in [3.05, 3.63) is 64.7 Å². The molecule has 0 bridgehead atoms. The van der Waals surface area contributed by atoms with E-state index < -0.39 is 21.9 Å². The molecule has 23 heavy (non-hydrogen) atoms. The van der Waals surface area contributed by atoms with Crippen molar-refractivity contribution in [3.63, 3.8) is 0 Å². The van der Waals surface area contributed by atoms with Gasteiger partial charge in [-0.25, -0.2) is 13.2 Å². The van der Waals surface area contributed by atoms with Crippen molar-refractivity contribution in [2.24, 2.45) is 0 Å². The number of carboxylic acids is 1. The molecule has 0 spiro atoms. The van der Waals surface area contributed by atoms with E-state index >= 15 is 0 Å². The van der Waals surface area contributed by atoms with Crippen LogP contribution in [0.4, 0.5) is 0 Å². The summed E-state index contributed by atoms with van der Waals surface area (Å²) in [6.45, 7) is 0. The second kappa shape index (κ2) is 6.78. The highest BCUT2D eigenvalue weighted by Gasteiger charge is 2.19. The number of hydrogen-bond acceptors (Lipinski definition) is 4. The maximum absolute atomic E-state index is 12.1. The van der Waals surface area contributed by atoms with E-state index in [9.17, 15) is 18.0 Å². The molecule has 2 aromatic rings. The molecule has 2 aromatic carbocycles. The molecule has 7 nitrogen and oxygen atoms in total. The van der Waals surface area contributed by atoms with Gasteiger partial charge in [0, 0.05) is 5.56 Å². The summed E-state index contributed by atoms with van der Waals surface area (Å²) in [5, 5.41) is 8.86.